The van der Waals surface area contributed by atoms with Gasteiger partial charge in [0.2, 0.25) is 0 Å². The normalized spacial score (nSPS) is 10.2. The molecule has 0 rings (SSSR count). The summed E-state index contributed by atoms with van der Waals surface area (Å²) in [7, 11) is -2.86. The van der Waals surface area contributed by atoms with Crippen LogP contribution in [-0.2, 0) is 0 Å². The summed E-state index contributed by atoms with van der Waals surface area (Å²) in [5.41, 5.74) is 0.991. The molecule has 0 aromatic rings. The predicted octanol–water partition coefficient (Wildman–Crippen LogP) is 1.07. The lowest BCUT2D eigenvalue weighted by Gasteiger charge is -2.03. The van der Waals surface area contributed by atoms with Crippen molar-refractivity contribution in [2.75, 3.05) is 0 Å². The highest BCUT2D eigenvalue weighted by atomic mass is 31.2. The molecule has 0 aliphatic carbocycles. The lowest BCUT2D eigenvalue weighted by atomic mass is 10.6. The molecule has 64 valence electrons. The molecule has 0 aromatic carbocycles. The maximum absolute atomic E-state index is 7.23. The van der Waals surface area contributed by atoms with E-state index in [1.165, 1.54) is 0 Å². The van der Waals surface area contributed by atoms with Gasteiger partial charge in [-0.25, -0.2) is 0 Å². The van der Waals surface area contributed by atoms with Crippen molar-refractivity contribution in [1.29, 1.82) is 0 Å². The third-order valence-electron chi connectivity index (χ3n) is 1.33. The zero-order valence-electron chi connectivity index (χ0n) is 6.94. The van der Waals surface area contributed by atoms with E-state index in [1.54, 1.807) is 0 Å². The zero-order chi connectivity index (χ0) is 8.73. The van der Waals surface area contributed by atoms with Gasteiger partial charge in [-0.15, -0.1) is 0 Å². The first-order valence-electron chi connectivity index (χ1n) is 3.24. The Balaban J connectivity index is 0. The van der Waals surface area contributed by atoms with Gasteiger partial charge in [0.25, 0.3) is 0 Å². The minimum Gasteiger partial charge on any atom is -0.328 e. The summed E-state index contributed by atoms with van der Waals surface area (Å²) >= 11 is 0. The predicted molar refractivity (Wildman–Crippen MR) is 47.6 cm³/mol. The Morgan fingerprint density at radius 3 is 1.20 bits per heavy atom. The van der Waals surface area contributed by atoms with Crippen LogP contribution in [0, 0.1) is 0 Å². The van der Waals surface area contributed by atoms with Crippen molar-refractivity contribution in [1.82, 2.24) is 0 Å². The van der Waals surface area contributed by atoms with Crippen molar-refractivity contribution in [3.05, 3.63) is 0 Å². The van der Waals surface area contributed by atoms with Crippen molar-refractivity contribution in [2.45, 2.75) is 32.5 Å². The van der Waals surface area contributed by atoms with Crippen LogP contribution in [0.5, 0.6) is 0 Å². The first-order valence-corrected chi connectivity index (χ1v) is 7.42. The summed E-state index contributed by atoms with van der Waals surface area (Å²) in [6, 6.07) is 0. The fourth-order valence-electron chi connectivity index (χ4n) is 0. The maximum Gasteiger partial charge on any atom is 0.324 e. The van der Waals surface area contributed by atoms with Crippen molar-refractivity contribution in [3.63, 3.8) is 0 Å². The van der Waals surface area contributed by atoms with Crippen LogP contribution < -0.4 is 0 Å². The van der Waals surface area contributed by atoms with Crippen molar-refractivity contribution < 1.29 is 14.7 Å². The van der Waals surface area contributed by atoms with Gasteiger partial charge in [0.05, 0.1) is 0 Å². The molecule has 0 saturated carbocycles. The quantitative estimate of drug-likeness (QED) is 0.422. The summed E-state index contributed by atoms with van der Waals surface area (Å²) in [6.45, 7) is 9.36. The Morgan fingerprint density at radius 2 is 1.20 bits per heavy atom. The van der Waals surface area contributed by atoms with Gasteiger partial charge < -0.3 is 14.7 Å². The highest BCUT2D eigenvalue weighted by Gasteiger charge is 1.97. The maximum atomic E-state index is 7.23. The monoisotopic (exact) mass is 184 g/mol. The third kappa shape index (κ3) is 23.6. The Hall–Kier alpha value is 0.527. The topological polar surface area (TPSA) is 60.7 Å². The average molecular weight is 184 g/mol. The van der Waals surface area contributed by atoms with E-state index in [-0.39, 0.29) is 8.80 Å². The van der Waals surface area contributed by atoms with Crippen LogP contribution in [0.15, 0.2) is 0 Å². The zero-order valence-corrected chi connectivity index (χ0v) is 8.99. The molecule has 10 heavy (non-hydrogen) atoms. The molecule has 3 nitrogen and oxygen atoms in total. The van der Waals surface area contributed by atoms with E-state index >= 15 is 0 Å². The second-order valence-electron chi connectivity index (χ2n) is 2.76. The molecule has 0 bridgehead atoms. The average Bonchev–Trinajstić information content (AvgIpc) is 1.63. The van der Waals surface area contributed by atoms with Crippen LogP contribution in [0.1, 0.15) is 13.8 Å². The van der Waals surface area contributed by atoms with Crippen LogP contribution >= 0.6 is 8.60 Å². The summed E-state index contributed by atoms with van der Waals surface area (Å²) in [5, 5.41) is 0. The van der Waals surface area contributed by atoms with Gasteiger partial charge in [0.15, 0.2) is 0 Å². The van der Waals surface area contributed by atoms with Gasteiger partial charge in [-0.3, -0.25) is 0 Å². The van der Waals surface area contributed by atoms with Crippen LogP contribution in [0.3, 0.4) is 0 Å². The van der Waals surface area contributed by atoms with Crippen LogP contribution in [0.2, 0.25) is 18.6 Å². The van der Waals surface area contributed by atoms with Crippen LogP contribution in [0.4, 0.5) is 0 Å². The molecular formula is C5H17O3PSi. The SMILES string of the molecule is CC(C)[SiH](C)C.OP(O)O. The van der Waals surface area contributed by atoms with E-state index in [9.17, 15) is 0 Å². The smallest absolute Gasteiger partial charge is 0.324 e. The molecule has 0 radical (unpaired) electrons. The standard InChI is InChI=1S/C5H14Si.H3O3P/c1-5(2)6(3)4;1-4(2)3/h5-6H,1-4H3;1-3H. The summed E-state index contributed by atoms with van der Waals surface area (Å²) in [5.74, 6) is 0. The molecule has 0 aliphatic heterocycles. The Kier molecular flexibility index (Phi) is 10.0. The van der Waals surface area contributed by atoms with E-state index in [2.05, 4.69) is 26.9 Å². The second kappa shape index (κ2) is 7.63. The lowest BCUT2D eigenvalue weighted by molar-refractivity contribution is 0.368. The molecule has 0 atom stereocenters. The lowest BCUT2D eigenvalue weighted by Crippen LogP contribution is -2.03. The van der Waals surface area contributed by atoms with Gasteiger partial charge in [0.1, 0.15) is 0 Å². The highest BCUT2D eigenvalue weighted by molar-refractivity contribution is 7.38. The van der Waals surface area contributed by atoms with Crippen LogP contribution in [-0.4, -0.2) is 23.5 Å². The van der Waals surface area contributed by atoms with Gasteiger partial charge in [-0.1, -0.05) is 32.5 Å². The van der Waals surface area contributed by atoms with E-state index < -0.39 is 8.60 Å². The highest BCUT2D eigenvalue weighted by Crippen LogP contribution is 2.11. The van der Waals surface area contributed by atoms with Gasteiger partial charge in [0, 0.05) is 8.80 Å². The van der Waals surface area contributed by atoms with E-state index in [4.69, 9.17) is 14.7 Å². The molecule has 0 saturated heterocycles. The first-order chi connectivity index (χ1) is 4.37. The van der Waals surface area contributed by atoms with Gasteiger partial charge in [-0.2, -0.15) is 0 Å². The number of hydrogen-bond acceptors (Lipinski definition) is 3. The minimum absolute atomic E-state index is 0.244. The second-order valence-corrected chi connectivity index (χ2v) is 7.11. The van der Waals surface area contributed by atoms with Gasteiger partial charge in [-0.05, 0) is 0 Å². The summed E-state index contributed by atoms with van der Waals surface area (Å²) in [6.07, 6.45) is 0. The van der Waals surface area contributed by atoms with Crippen molar-refractivity contribution in [3.8, 4) is 0 Å². The molecule has 0 unspecified atom stereocenters. The molecule has 5 heteroatoms. The molecule has 0 amide bonds. The Labute approximate surface area is 65.3 Å². The molecule has 0 heterocycles. The molecule has 3 N–H and O–H groups in total. The summed E-state index contributed by atoms with van der Waals surface area (Å²) < 4.78 is 0. The molecular weight excluding hydrogens is 167 g/mol. The fraction of sp³-hybridized carbons (Fsp3) is 1.00. The van der Waals surface area contributed by atoms with E-state index in [0.29, 0.717) is 0 Å². The first kappa shape index (κ1) is 13.1. The largest absolute Gasteiger partial charge is 0.328 e. The summed E-state index contributed by atoms with van der Waals surface area (Å²) in [4.78, 5) is 21.7. The van der Waals surface area contributed by atoms with Gasteiger partial charge >= 0.3 is 8.60 Å². The minimum atomic E-state index is -2.62. The Bertz CT molecular complexity index is 59.2. The number of rotatable bonds is 1. The molecule has 0 aromatic heterocycles. The van der Waals surface area contributed by atoms with Crippen LogP contribution in [0.25, 0.3) is 0 Å². The van der Waals surface area contributed by atoms with E-state index in [0.717, 1.165) is 5.54 Å². The molecule has 0 aliphatic rings. The number of hydrogen-bond donors (Lipinski definition) is 3. The molecule has 0 fully saturated rings. The van der Waals surface area contributed by atoms with E-state index in [1.807, 2.05) is 0 Å². The Morgan fingerprint density at radius 1 is 1.10 bits per heavy atom. The van der Waals surface area contributed by atoms with Crippen molar-refractivity contribution >= 4 is 17.4 Å². The molecule has 0 spiro atoms. The fourth-order valence-corrected chi connectivity index (χ4v) is 0. The third-order valence-corrected chi connectivity index (χ3v) is 4.00. The van der Waals surface area contributed by atoms with Crippen molar-refractivity contribution in [2.24, 2.45) is 0 Å².